The minimum Gasteiger partial charge on any atom is -0.496 e. The van der Waals surface area contributed by atoms with Crippen LogP contribution in [0, 0.1) is 0 Å². The van der Waals surface area contributed by atoms with Crippen molar-refractivity contribution in [2.45, 2.75) is 6.54 Å². The Balaban J connectivity index is 2.00. The van der Waals surface area contributed by atoms with E-state index < -0.39 is 0 Å². The van der Waals surface area contributed by atoms with Gasteiger partial charge in [-0.15, -0.1) is 11.3 Å². The van der Waals surface area contributed by atoms with Crippen molar-refractivity contribution in [1.29, 1.82) is 0 Å². The molecule has 1 aromatic heterocycles. The quantitative estimate of drug-likeness (QED) is 0.677. The molecular weight excluding hydrogens is 428 g/mol. The van der Waals surface area contributed by atoms with E-state index in [2.05, 4.69) is 15.9 Å². The smallest absolute Gasteiger partial charge is 0.264 e. The minimum atomic E-state index is -0.183. The molecule has 0 bridgehead atoms. The first-order valence-electron chi connectivity index (χ1n) is 7.39. The number of amides is 2. The fourth-order valence-corrected chi connectivity index (χ4v) is 3.80. The first kappa shape index (κ1) is 19.8. The number of hydrogen-bond donors (Lipinski definition) is 0. The van der Waals surface area contributed by atoms with Crippen LogP contribution in [0.5, 0.6) is 5.75 Å². The lowest BCUT2D eigenvalue weighted by molar-refractivity contribution is -0.130. The van der Waals surface area contributed by atoms with Gasteiger partial charge in [0.15, 0.2) is 0 Å². The van der Waals surface area contributed by atoms with Crippen LogP contribution in [0.1, 0.15) is 15.2 Å². The number of thiophene rings is 1. The van der Waals surface area contributed by atoms with E-state index in [9.17, 15) is 9.59 Å². The molecular formula is C17H18BrClN2O3S. The highest BCUT2D eigenvalue weighted by atomic mass is 79.9. The number of rotatable bonds is 6. The Labute approximate surface area is 164 Å². The third kappa shape index (κ3) is 5.20. The maximum absolute atomic E-state index is 12.4. The van der Waals surface area contributed by atoms with Gasteiger partial charge in [-0.25, -0.2) is 0 Å². The summed E-state index contributed by atoms with van der Waals surface area (Å²) in [4.78, 5) is 28.3. The number of carbonyl (C=O) groups is 2. The molecule has 1 aromatic carbocycles. The molecule has 2 amide bonds. The molecule has 2 aromatic rings. The Morgan fingerprint density at radius 3 is 2.52 bits per heavy atom. The minimum absolute atomic E-state index is 0.00622. The molecule has 0 spiro atoms. The van der Waals surface area contributed by atoms with Crippen molar-refractivity contribution in [3.63, 3.8) is 0 Å². The largest absolute Gasteiger partial charge is 0.496 e. The number of nitrogens with zero attached hydrogens (tertiary/aromatic N) is 2. The van der Waals surface area contributed by atoms with E-state index in [-0.39, 0.29) is 18.4 Å². The Kier molecular flexibility index (Phi) is 6.87. The first-order valence-corrected chi connectivity index (χ1v) is 9.37. The molecule has 0 saturated carbocycles. The molecule has 5 nitrogen and oxygen atoms in total. The van der Waals surface area contributed by atoms with Crippen molar-refractivity contribution >= 4 is 50.7 Å². The fourth-order valence-electron chi connectivity index (χ4n) is 2.23. The number of likely N-dealkylation sites (N-methyl/N-ethyl adjacent to an activating group) is 2. The number of ether oxygens (including phenoxy) is 1. The van der Waals surface area contributed by atoms with Gasteiger partial charge in [0.05, 0.1) is 22.3 Å². The zero-order valence-corrected chi connectivity index (χ0v) is 17.2. The second kappa shape index (κ2) is 8.69. The SMILES string of the molecule is COc1ccc(Cl)cc1CN(C)C(=O)CN(C)C(=O)c1ccc(Br)s1. The second-order valence-corrected chi connectivity index (χ2v) is 8.37. The van der Waals surface area contributed by atoms with E-state index >= 15 is 0 Å². The molecule has 0 N–H and O–H groups in total. The summed E-state index contributed by atoms with van der Waals surface area (Å²) in [7, 11) is 4.87. The average molecular weight is 446 g/mol. The van der Waals surface area contributed by atoms with Gasteiger partial charge in [0.25, 0.3) is 5.91 Å². The lowest BCUT2D eigenvalue weighted by Crippen LogP contribution is -2.38. The summed E-state index contributed by atoms with van der Waals surface area (Å²) in [6, 6.07) is 8.81. The molecule has 0 aliphatic carbocycles. The van der Waals surface area contributed by atoms with Crippen molar-refractivity contribution in [3.05, 3.63) is 49.6 Å². The zero-order valence-electron chi connectivity index (χ0n) is 14.1. The lowest BCUT2D eigenvalue weighted by atomic mass is 10.2. The van der Waals surface area contributed by atoms with E-state index in [0.29, 0.717) is 22.2 Å². The van der Waals surface area contributed by atoms with E-state index in [1.807, 2.05) is 6.07 Å². The maximum Gasteiger partial charge on any atom is 0.264 e. The van der Waals surface area contributed by atoms with Crippen LogP contribution in [-0.2, 0) is 11.3 Å². The summed E-state index contributed by atoms with van der Waals surface area (Å²) in [5.74, 6) is 0.309. The fraction of sp³-hybridized carbons (Fsp3) is 0.294. The molecule has 8 heteroatoms. The van der Waals surface area contributed by atoms with Crippen LogP contribution in [0.3, 0.4) is 0 Å². The molecule has 25 heavy (non-hydrogen) atoms. The summed E-state index contributed by atoms with van der Waals surface area (Å²) >= 11 is 10.7. The van der Waals surface area contributed by atoms with Gasteiger partial charge in [-0.3, -0.25) is 9.59 Å². The Bertz CT molecular complexity index is 781. The normalized spacial score (nSPS) is 10.4. The number of carbonyl (C=O) groups excluding carboxylic acids is 2. The third-order valence-corrected chi connectivity index (χ3v) is 5.43. The van der Waals surface area contributed by atoms with Gasteiger partial charge in [0.1, 0.15) is 5.75 Å². The molecule has 134 valence electrons. The van der Waals surface area contributed by atoms with Crippen LogP contribution >= 0.6 is 38.9 Å². The van der Waals surface area contributed by atoms with Crippen LogP contribution < -0.4 is 4.74 Å². The second-order valence-electron chi connectivity index (χ2n) is 5.47. The van der Waals surface area contributed by atoms with Gasteiger partial charge in [-0.1, -0.05) is 11.6 Å². The van der Waals surface area contributed by atoms with Gasteiger partial charge < -0.3 is 14.5 Å². The third-order valence-electron chi connectivity index (χ3n) is 3.58. The summed E-state index contributed by atoms with van der Waals surface area (Å²) in [6.07, 6.45) is 0. The summed E-state index contributed by atoms with van der Waals surface area (Å²) < 4.78 is 6.17. The number of hydrogen-bond acceptors (Lipinski definition) is 4. The van der Waals surface area contributed by atoms with Gasteiger partial charge in [-0.05, 0) is 46.3 Å². The highest BCUT2D eigenvalue weighted by molar-refractivity contribution is 9.11. The number of benzene rings is 1. The monoisotopic (exact) mass is 444 g/mol. The maximum atomic E-state index is 12.4. The predicted octanol–water partition coefficient (Wildman–Crippen LogP) is 3.90. The molecule has 0 atom stereocenters. The van der Waals surface area contributed by atoms with Crippen molar-refractivity contribution in [1.82, 2.24) is 9.80 Å². The van der Waals surface area contributed by atoms with Crippen LogP contribution in [0.4, 0.5) is 0 Å². The molecule has 0 aliphatic rings. The molecule has 1 heterocycles. The van der Waals surface area contributed by atoms with Gasteiger partial charge in [0, 0.05) is 31.2 Å². The van der Waals surface area contributed by atoms with Crippen molar-refractivity contribution < 1.29 is 14.3 Å². The van der Waals surface area contributed by atoms with Crippen molar-refractivity contribution in [2.24, 2.45) is 0 Å². The number of halogens is 2. The Hall–Kier alpha value is -1.57. The van der Waals surface area contributed by atoms with E-state index in [1.165, 1.54) is 16.2 Å². The van der Waals surface area contributed by atoms with Crippen molar-refractivity contribution in [3.8, 4) is 5.75 Å². The Morgan fingerprint density at radius 2 is 1.92 bits per heavy atom. The molecule has 2 rings (SSSR count). The van der Waals surface area contributed by atoms with Gasteiger partial charge in [-0.2, -0.15) is 0 Å². The summed E-state index contributed by atoms with van der Waals surface area (Å²) in [6.45, 7) is 0.336. The van der Waals surface area contributed by atoms with E-state index in [1.54, 1.807) is 50.4 Å². The highest BCUT2D eigenvalue weighted by Gasteiger charge is 2.19. The number of methoxy groups -OCH3 is 1. The molecule has 0 aliphatic heterocycles. The van der Waals surface area contributed by atoms with Crippen molar-refractivity contribution in [2.75, 3.05) is 27.7 Å². The molecule has 0 fully saturated rings. The summed E-state index contributed by atoms with van der Waals surface area (Å²) in [5, 5.41) is 0.576. The zero-order chi connectivity index (χ0) is 18.6. The van der Waals surface area contributed by atoms with E-state index in [0.717, 1.165) is 9.35 Å². The summed E-state index contributed by atoms with van der Waals surface area (Å²) in [5.41, 5.74) is 0.807. The highest BCUT2D eigenvalue weighted by Crippen LogP contribution is 2.24. The predicted molar refractivity (Wildman–Crippen MR) is 103 cm³/mol. The standard InChI is InChI=1S/C17H18BrClN2O3S/c1-20(9-11-8-12(19)4-5-13(11)24-3)16(22)10-21(2)17(23)14-6-7-15(18)25-14/h4-8H,9-10H2,1-3H3. The van der Waals surface area contributed by atoms with Crippen LogP contribution in [0.25, 0.3) is 0 Å². The Morgan fingerprint density at radius 1 is 1.20 bits per heavy atom. The van der Waals surface area contributed by atoms with Crippen LogP contribution in [-0.4, -0.2) is 49.4 Å². The topological polar surface area (TPSA) is 49.9 Å². The van der Waals surface area contributed by atoms with Crippen LogP contribution in [0.15, 0.2) is 34.1 Å². The molecule has 0 saturated heterocycles. The first-order chi connectivity index (χ1) is 11.8. The molecule has 0 radical (unpaired) electrons. The average Bonchev–Trinajstić information content (AvgIpc) is 3.00. The lowest BCUT2D eigenvalue weighted by Gasteiger charge is -2.22. The van der Waals surface area contributed by atoms with Gasteiger partial charge in [0.2, 0.25) is 5.91 Å². The van der Waals surface area contributed by atoms with Gasteiger partial charge >= 0.3 is 0 Å². The molecule has 0 unspecified atom stereocenters. The van der Waals surface area contributed by atoms with E-state index in [4.69, 9.17) is 16.3 Å². The van der Waals surface area contributed by atoms with Crippen LogP contribution in [0.2, 0.25) is 5.02 Å².